The van der Waals surface area contributed by atoms with E-state index in [9.17, 15) is 4.79 Å². The molecule has 0 saturated carbocycles. The predicted octanol–water partition coefficient (Wildman–Crippen LogP) is 1.47. The number of fused-ring (bicyclic) bond motifs is 1. The van der Waals surface area contributed by atoms with Gasteiger partial charge in [0, 0.05) is 59.1 Å². The average molecular weight is 346 g/mol. The van der Waals surface area contributed by atoms with Crippen LogP contribution in [0.15, 0.2) is 22.9 Å². The van der Waals surface area contributed by atoms with Gasteiger partial charge in [0.25, 0.3) is 0 Å². The number of hydrogen-bond donors (Lipinski definition) is 1. The van der Waals surface area contributed by atoms with Crippen molar-refractivity contribution < 1.29 is 9.32 Å². The van der Waals surface area contributed by atoms with Crippen molar-refractivity contribution >= 4 is 6.03 Å². The Morgan fingerprint density at radius 3 is 3.00 bits per heavy atom. The monoisotopic (exact) mass is 346 g/mol. The second kappa shape index (κ2) is 7.69. The van der Waals surface area contributed by atoms with Crippen LogP contribution in [0.1, 0.15) is 23.6 Å². The second-order valence-corrected chi connectivity index (χ2v) is 6.88. The van der Waals surface area contributed by atoms with E-state index in [2.05, 4.69) is 31.2 Å². The van der Waals surface area contributed by atoms with Crippen molar-refractivity contribution in [3.63, 3.8) is 0 Å². The first-order valence-electron chi connectivity index (χ1n) is 8.61. The Bertz CT molecular complexity index is 708. The van der Waals surface area contributed by atoms with Crippen LogP contribution in [0.2, 0.25) is 0 Å². The van der Waals surface area contributed by atoms with Crippen LogP contribution < -0.4 is 5.32 Å². The lowest BCUT2D eigenvalue weighted by atomic mass is 10.1. The molecule has 0 unspecified atom stereocenters. The topological polar surface area (TPSA) is 79.4 Å². The van der Waals surface area contributed by atoms with Gasteiger partial charge in [0.05, 0.1) is 11.4 Å². The number of aryl methyl sites for hydroxylation is 1. The van der Waals surface area contributed by atoms with Crippen LogP contribution in [0.4, 0.5) is 4.79 Å². The van der Waals surface area contributed by atoms with Crippen LogP contribution >= 0.6 is 0 Å². The van der Waals surface area contributed by atoms with Crippen LogP contribution in [-0.4, -0.2) is 58.0 Å². The molecule has 1 N–H and O–H groups in total. The highest BCUT2D eigenvalue weighted by Crippen LogP contribution is 2.20. The van der Waals surface area contributed by atoms with Crippen molar-refractivity contribution in [1.82, 2.24) is 30.1 Å². The summed E-state index contributed by atoms with van der Waals surface area (Å²) in [6, 6.07) is 3.99. The Morgan fingerprint density at radius 2 is 2.28 bits per heavy atom. The summed E-state index contributed by atoms with van der Waals surface area (Å²) in [5, 5.41) is 11.5. The number of nitrogens with zero attached hydrogens (tertiary/aromatic N) is 5. The molecule has 0 fully saturated rings. The number of urea groups is 1. The predicted molar refractivity (Wildman–Crippen MR) is 92.8 cm³/mol. The van der Waals surface area contributed by atoms with Crippen LogP contribution in [0.25, 0.3) is 0 Å². The molecule has 1 aliphatic heterocycles. The Labute approximate surface area is 147 Å². The van der Waals surface area contributed by atoms with E-state index in [-0.39, 0.29) is 6.03 Å². The van der Waals surface area contributed by atoms with Crippen molar-refractivity contribution in [1.29, 1.82) is 0 Å². The third-order valence-corrected chi connectivity index (χ3v) is 4.44. The van der Waals surface area contributed by atoms with E-state index >= 15 is 0 Å². The Balaban J connectivity index is 1.63. The lowest BCUT2D eigenvalue weighted by Crippen LogP contribution is -2.36. The van der Waals surface area contributed by atoms with Crippen molar-refractivity contribution in [2.24, 2.45) is 5.92 Å². The highest BCUT2D eigenvalue weighted by molar-refractivity contribution is 5.73. The van der Waals surface area contributed by atoms with Crippen LogP contribution in [0.5, 0.6) is 0 Å². The van der Waals surface area contributed by atoms with Gasteiger partial charge in [0.2, 0.25) is 0 Å². The standard InChI is InChI=1S/C17H26N6O2/c1-13-8-15(20-25-13)11-22-9-14(4-6-18-17(24)21(2)3)10-23-16(12-22)5-7-19-23/h5,7-8,14H,4,6,9-12H2,1-3H3,(H,18,24)/t14-/m1/s1. The molecular weight excluding hydrogens is 320 g/mol. The number of nitrogens with one attached hydrogen (secondary N) is 1. The van der Waals surface area contributed by atoms with E-state index in [0.717, 1.165) is 44.1 Å². The Kier molecular flexibility index (Phi) is 5.37. The molecule has 8 heteroatoms. The summed E-state index contributed by atoms with van der Waals surface area (Å²) in [4.78, 5) is 15.6. The molecule has 0 spiro atoms. The van der Waals surface area contributed by atoms with Gasteiger partial charge in [-0.15, -0.1) is 0 Å². The van der Waals surface area contributed by atoms with Crippen LogP contribution in [-0.2, 0) is 19.6 Å². The quantitative estimate of drug-likeness (QED) is 0.887. The molecule has 0 aromatic carbocycles. The number of carbonyl (C=O) groups excluding carboxylic acids is 1. The minimum atomic E-state index is -0.0525. The molecule has 25 heavy (non-hydrogen) atoms. The average Bonchev–Trinajstić information content (AvgIpc) is 3.12. The van der Waals surface area contributed by atoms with Crippen molar-refractivity contribution in [2.75, 3.05) is 27.2 Å². The summed E-state index contributed by atoms with van der Waals surface area (Å²) in [6.45, 7) is 5.97. The molecule has 0 saturated heterocycles. The number of aromatic nitrogens is 3. The van der Waals surface area contributed by atoms with Gasteiger partial charge in [-0.25, -0.2) is 4.79 Å². The molecule has 3 rings (SSSR count). The Hall–Kier alpha value is -2.35. The zero-order valence-electron chi connectivity index (χ0n) is 15.1. The minimum absolute atomic E-state index is 0.0525. The van der Waals surface area contributed by atoms with E-state index in [1.807, 2.05) is 19.2 Å². The molecule has 2 amide bonds. The van der Waals surface area contributed by atoms with Crippen molar-refractivity contribution in [3.8, 4) is 0 Å². The highest BCUT2D eigenvalue weighted by Gasteiger charge is 2.23. The van der Waals surface area contributed by atoms with Gasteiger partial charge in [-0.05, 0) is 25.3 Å². The largest absolute Gasteiger partial charge is 0.361 e. The zero-order chi connectivity index (χ0) is 17.8. The first kappa shape index (κ1) is 17.5. The maximum atomic E-state index is 11.7. The lowest BCUT2D eigenvalue weighted by Gasteiger charge is -2.23. The smallest absolute Gasteiger partial charge is 0.316 e. The summed E-state index contributed by atoms with van der Waals surface area (Å²) >= 11 is 0. The number of rotatable bonds is 5. The number of carbonyl (C=O) groups is 1. The molecular formula is C17H26N6O2. The molecule has 0 radical (unpaired) electrons. The van der Waals surface area contributed by atoms with Gasteiger partial charge in [0.15, 0.2) is 0 Å². The molecule has 0 bridgehead atoms. The van der Waals surface area contributed by atoms with Gasteiger partial charge in [-0.2, -0.15) is 5.10 Å². The lowest BCUT2D eigenvalue weighted by molar-refractivity contribution is 0.203. The molecule has 8 nitrogen and oxygen atoms in total. The molecule has 3 heterocycles. The van der Waals surface area contributed by atoms with E-state index in [1.54, 1.807) is 19.0 Å². The van der Waals surface area contributed by atoms with Gasteiger partial charge in [-0.1, -0.05) is 5.16 Å². The van der Waals surface area contributed by atoms with Gasteiger partial charge >= 0.3 is 6.03 Å². The fourth-order valence-electron chi connectivity index (χ4n) is 3.19. The summed E-state index contributed by atoms with van der Waals surface area (Å²) < 4.78 is 7.26. The van der Waals surface area contributed by atoms with E-state index in [1.165, 1.54) is 5.69 Å². The minimum Gasteiger partial charge on any atom is -0.361 e. The van der Waals surface area contributed by atoms with Crippen molar-refractivity contribution in [2.45, 2.75) is 33.0 Å². The first-order chi connectivity index (χ1) is 12.0. The number of hydrogen-bond acceptors (Lipinski definition) is 5. The molecule has 0 aliphatic carbocycles. The molecule has 1 aliphatic rings. The molecule has 2 aromatic rings. The SMILES string of the molecule is Cc1cc(CN2Cc3ccnn3C[C@H](CCNC(=O)N(C)C)C2)no1. The third kappa shape index (κ3) is 4.60. The first-order valence-corrected chi connectivity index (χ1v) is 8.61. The second-order valence-electron chi connectivity index (χ2n) is 6.88. The maximum Gasteiger partial charge on any atom is 0.316 e. The number of amides is 2. The van der Waals surface area contributed by atoms with E-state index < -0.39 is 0 Å². The highest BCUT2D eigenvalue weighted by atomic mass is 16.5. The zero-order valence-corrected chi connectivity index (χ0v) is 15.1. The summed E-state index contributed by atoms with van der Waals surface area (Å²) in [5.41, 5.74) is 2.16. The summed E-state index contributed by atoms with van der Waals surface area (Å²) in [6.07, 6.45) is 2.76. The molecule has 2 aromatic heterocycles. The fraction of sp³-hybridized carbons (Fsp3) is 0.588. The van der Waals surface area contributed by atoms with Gasteiger partial charge in [-0.3, -0.25) is 9.58 Å². The summed E-state index contributed by atoms with van der Waals surface area (Å²) in [5.74, 6) is 1.24. The normalized spacial score (nSPS) is 17.8. The Morgan fingerprint density at radius 1 is 1.44 bits per heavy atom. The van der Waals surface area contributed by atoms with Crippen LogP contribution in [0, 0.1) is 12.8 Å². The van der Waals surface area contributed by atoms with Gasteiger partial charge in [0.1, 0.15) is 5.76 Å². The van der Waals surface area contributed by atoms with E-state index in [0.29, 0.717) is 12.5 Å². The third-order valence-electron chi connectivity index (χ3n) is 4.44. The van der Waals surface area contributed by atoms with Gasteiger partial charge < -0.3 is 14.7 Å². The fourth-order valence-corrected chi connectivity index (χ4v) is 3.19. The summed E-state index contributed by atoms with van der Waals surface area (Å²) in [7, 11) is 3.50. The van der Waals surface area contributed by atoms with Crippen LogP contribution in [0.3, 0.4) is 0 Å². The van der Waals surface area contributed by atoms with Crippen molar-refractivity contribution in [3.05, 3.63) is 35.5 Å². The van der Waals surface area contributed by atoms with E-state index in [4.69, 9.17) is 4.52 Å². The molecule has 1 atom stereocenters. The maximum absolute atomic E-state index is 11.7. The molecule has 136 valence electrons.